The Morgan fingerprint density at radius 3 is 1.33 bits per heavy atom. The molecule has 8 aromatic rings. The van der Waals surface area contributed by atoms with E-state index >= 15 is 0 Å². The van der Waals surface area contributed by atoms with Crippen LogP contribution in [0.4, 0.5) is 0 Å². The molecule has 0 radical (unpaired) electrons. The van der Waals surface area contributed by atoms with Crippen molar-refractivity contribution in [2.24, 2.45) is 0 Å². The molecule has 0 aliphatic rings. The highest BCUT2D eigenvalue weighted by Crippen LogP contribution is 2.36. The maximum Gasteiger partial charge on any atom is 0.164 e. The third-order valence-corrected chi connectivity index (χ3v) is 8.25. The van der Waals surface area contributed by atoms with Gasteiger partial charge in [-0.1, -0.05) is 133 Å². The molecule has 0 amide bonds. The summed E-state index contributed by atoms with van der Waals surface area (Å²) in [6, 6.07) is 54.7. The number of rotatable bonds is 6. The largest absolute Gasteiger partial charge is 0.265 e. The van der Waals surface area contributed by atoms with Gasteiger partial charge in [0.1, 0.15) is 0 Å². The van der Waals surface area contributed by atoms with Gasteiger partial charge in [-0.05, 0) is 68.4 Å². The predicted molar refractivity (Wildman–Crippen MR) is 188 cm³/mol. The number of pyridine rings is 1. The van der Waals surface area contributed by atoms with E-state index in [1.54, 1.807) is 0 Å². The van der Waals surface area contributed by atoms with Crippen LogP contribution in [-0.4, -0.2) is 19.9 Å². The van der Waals surface area contributed by atoms with Crippen LogP contribution in [-0.2, 0) is 0 Å². The fourth-order valence-electron chi connectivity index (χ4n) is 5.85. The van der Waals surface area contributed by atoms with Crippen LogP contribution in [0, 0.1) is 0 Å². The lowest BCUT2D eigenvalue weighted by molar-refractivity contribution is 1.07. The minimum atomic E-state index is 0.646. The van der Waals surface area contributed by atoms with Gasteiger partial charge in [0.2, 0.25) is 0 Å². The summed E-state index contributed by atoms with van der Waals surface area (Å²) >= 11 is 0. The quantitative estimate of drug-likeness (QED) is 0.194. The maximum atomic E-state index is 4.90. The van der Waals surface area contributed by atoms with Crippen LogP contribution in [0.2, 0.25) is 0 Å². The second-order valence-corrected chi connectivity index (χ2v) is 11.2. The molecule has 8 rings (SSSR count). The predicted octanol–water partition coefficient (Wildman–Crippen LogP) is 10.4. The molecular formula is C42H28N4. The summed E-state index contributed by atoms with van der Waals surface area (Å²) < 4.78 is 0. The number of fused-ring (bicyclic) bond motifs is 1. The second kappa shape index (κ2) is 12.0. The number of benzene rings is 6. The molecule has 0 atom stereocenters. The molecule has 0 aliphatic carbocycles. The molecule has 6 aromatic carbocycles. The lowest BCUT2D eigenvalue weighted by atomic mass is 9.92. The topological polar surface area (TPSA) is 51.6 Å². The lowest BCUT2D eigenvalue weighted by Gasteiger charge is -2.13. The van der Waals surface area contributed by atoms with Gasteiger partial charge in [-0.25, -0.2) is 15.0 Å². The third kappa shape index (κ3) is 5.44. The Morgan fingerprint density at radius 1 is 0.304 bits per heavy atom. The third-order valence-electron chi connectivity index (χ3n) is 8.25. The Labute approximate surface area is 267 Å². The Kier molecular flexibility index (Phi) is 7.14. The Hall–Kier alpha value is -6.26. The molecule has 46 heavy (non-hydrogen) atoms. The fourth-order valence-corrected chi connectivity index (χ4v) is 5.85. The number of nitrogens with zero attached hydrogens (tertiary/aromatic N) is 4. The van der Waals surface area contributed by atoms with Gasteiger partial charge in [-0.3, -0.25) is 4.98 Å². The van der Waals surface area contributed by atoms with Gasteiger partial charge in [0.05, 0.1) is 0 Å². The molecule has 0 saturated carbocycles. The van der Waals surface area contributed by atoms with Crippen LogP contribution in [0.3, 0.4) is 0 Å². The Balaban J connectivity index is 1.18. The van der Waals surface area contributed by atoms with Crippen molar-refractivity contribution in [3.63, 3.8) is 0 Å². The number of hydrogen-bond donors (Lipinski definition) is 0. The van der Waals surface area contributed by atoms with E-state index in [1.807, 2.05) is 85.2 Å². The zero-order valence-corrected chi connectivity index (χ0v) is 25.0. The monoisotopic (exact) mass is 588 g/mol. The first kappa shape index (κ1) is 27.3. The summed E-state index contributed by atoms with van der Waals surface area (Å²) in [7, 11) is 0. The summed E-state index contributed by atoms with van der Waals surface area (Å²) in [5, 5.41) is 2.43. The molecule has 2 heterocycles. The second-order valence-electron chi connectivity index (χ2n) is 11.2. The number of hydrogen-bond acceptors (Lipinski definition) is 4. The standard InChI is InChI=1S/C42H28N4/c1-3-9-33(10-4-1)40-44-41(34-11-5-2-6-12-34)46-42(45-40)35-21-17-30(18-22-35)37-27-36-13-7-8-14-38(36)39(28-37)32-19-15-29(16-20-32)31-23-25-43-26-24-31/h1-28H. The Bertz CT molecular complexity index is 2210. The van der Waals surface area contributed by atoms with E-state index in [0.29, 0.717) is 17.5 Å². The van der Waals surface area contributed by atoms with Crippen LogP contribution < -0.4 is 0 Å². The van der Waals surface area contributed by atoms with E-state index in [0.717, 1.165) is 33.4 Å². The summed E-state index contributed by atoms with van der Waals surface area (Å²) in [6.07, 6.45) is 3.66. The van der Waals surface area contributed by atoms with E-state index in [4.69, 9.17) is 15.0 Å². The van der Waals surface area contributed by atoms with Gasteiger partial charge in [0.15, 0.2) is 17.5 Å². The van der Waals surface area contributed by atoms with Crippen LogP contribution in [0.1, 0.15) is 0 Å². The van der Waals surface area contributed by atoms with Crippen molar-refractivity contribution in [1.29, 1.82) is 0 Å². The van der Waals surface area contributed by atoms with Crippen molar-refractivity contribution >= 4 is 10.8 Å². The van der Waals surface area contributed by atoms with Crippen LogP contribution in [0.5, 0.6) is 0 Å². The van der Waals surface area contributed by atoms with Gasteiger partial charge in [-0.15, -0.1) is 0 Å². The first-order valence-electron chi connectivity index (χ1n) is 15.3. The van der Waals surface area contributed by atoms with E-state index in [9.17, 15) is 0 Å². The molecule has 216 valence electrons. The van der Waals surface area contributed by atoms with Crippen molar-refractivity contribution in [3.05, 3.63) is 170 Å². The van der Waals surface area contributed by atoms with Crippen molar-refractivity contribution in [3.8, 4) is 67.5 Å². The zero-order chi connectivity index (χ0) is 30.7. The lowest BCUT2D eigenvalue weighted by Crippen LogP contribution is -2.00. The maximum absolute atomic E-state index is 4.90. The van der Waals surface area contributed by atoms with Gasteiger partial charge < -0.3 is 0 Å². The van der Waals surface area contributed by atoms with Crippen LogP contribution >= 0.6 is 0 Å². The molecule has 0 saturated heterocycles. The van der Waals surface area contributed by atoms with Gasteiger partial charge in [-0.2, -0.15) is 0 Å². The highest BCUT2D eigenvalue weighted by Gasteiger charge is 2.13. The highest BCUT2D eigenvalue weighted by molar-refractivity contribution is 6.00. The molecule has 4 nitrogen and oxygen atoms in total. The van der Waals surface area contributed by atoms with E-state index in [1.165, 1.54) is 27.5 Å². The summed E-state index contributed by atoms with van der Waals surface area (Å²) in [5.74, 6) is 1.96. The minimum absolute atomic E-state index is 0.646. The van der Waals surface area contributed by atoms with E-state index < -0.39 is 0 Å². The smallest absolute Gasteiger partial charge is 0.164 e. The molecule has 2 aromatic heterocycles. The molecule has 0 N–H and O–H groups in total. The molecular weight excluding hydrogens is 560 g/mol. The highest BCUT2D eigenvalue weighted by atomic mass is 15.0. The fraction of sp³-hybridized carbons (Fsp3) is 0. The van der Waals surface area contributed by atoms with E-state index in [2.05, 4.69) is 89.9 Å². The van der Waals surface area contributed by atoms with Crippen molar-refractivity contribution in [1.82, 2.24) is 19.9 Å². The molecule has 0 bridgehead atoms. The summed E-state index contributed by atoms with van der Waals surface area (Å²) in [5.41, 5.74) is 9.85. The van der Waals surface area contributed by atoms with E-state index in [-0.39, 0.29) is 0 Å². The normalized spacial score (nSPS) is 11.0. The molecule has 4 heteroatoms. The molecule has 0 unspecified atom stereocenters. The van der Waals surface area contributed by atoms with Gasteiger partial charge in [0, 0.05) is 29.1 Å². The molecule has 0 aliphatic heterocycles. The Morgan fingerprint density at radius 2 is 0.739 bits per heavy atom. The van der Waals surface area contributed by atoms with Crippen molar-refractivity contribution in [2.45, 2.75) is 0 Å². The average Bonchev–Trinajstić information content (AvgIpc) is 3.15. The van der Waals surface area contributed by atoms with Gasteiger partial charge in [0.25, 0.3) is 0 Å². The van der Waals surface area contributed by atoms with Crippen LogP contribution in [0.15, 0.2) is 170 Å². The van der Waals surface area contributed by atoms with Crippen molar-refractivity contribution < 1.29 is 0 Å². The molecule has 0 fully saturated rings. The minimum Gasteiger partial charge on any atom is -0.265 e. The van der Waals surface area contributed by atoms with Crippen LogP contribution in [0.25, 0.3) is 78.3 Å². The molecule has 0 spiro atoms. The first-order valence-corrected chi connectivity index (χ1v) is 15.3. The number of aromatic nitrogens is 4. The SMILES string of the molecule is c1ccc(-c2nc(-c3ccccc3)nc(-c3ccc(-c4cc(-c5ccc(-c6ccncc6)cc5)c5ccccc5c4)cc3)n2)cc1. The van der Waals surface area contributed by atoms with Gasteiger partial charge >= 0.3 is 0 Å². The average molecular weight is 589 g/mol. The first-order chi connectivity index (χ1) is 22.8. The summed E-state index contributed by atoms with van der Waals surface area (Å²) in [6.45, 7) is 0. The van der Waals surface area contributed by atoms with Crippen molar-refractivity contribution in [2.75, 3.05) is 0 Å². The zero-order valence-electron chi connectivity index (χ0n) is 25.0. The summed E-state index contributed by atoms with van der Waals surface area (Å²) in [4.78, 5) is 18.8.